The number of esters is 1. The number of fused-ring (bicyclic) bond motifs is 7. The third-order valence-corrected chi connectivity index (χ3v) is 17.6. The molecule has 11 unspecified atom stereocenters. The van der Waals surface area contributed by atoms with Crippen LogP contribution in [0.15, 0.2) is 42.6 Å². The van der Waals surface area contributed by atoms with Gasteiger partial charge in [0.1, 0.15) is 17.7 Å². The summed E-state index contributed by atoms with van der Waals surface area (Å²) in [5.41, 5.74) is 3.51. The molecule has 6 aliphatic rings. The van der Waals surface area contributed by atoms with Crippen molar-refractivity contribution in [2.24, 2.45) is 56.7 Å². The Labute approximate surface area is 318 Å². The Bertz CT molecular complexity index is 1760. The van der Waals surface area contributed by atoms with E-state index in [1.165, 1.54) is 31.3 Å². The summed E-state index contributed by atoms with van der Waals surface area (Å²) in [5, 5.41) is 0. The first-order valence-corrected chi connectivity index (χ1v) is 20.9. The van der Waals surface area contributed by atoms with Crippen LogP contribution in [0.1, 0.15) is 137 Å². The van der Waals surface area contributed by atoms with Crippen molar-refractivity contribution in [2.45, 2.75) is 138 Å². The largest absolute Gasteiger partial charge is 0.497 e. The minimum atomic E-state index is -0.337. The van der Waals surface area contributed by atoms with Crippen molar-refractivity contribution >= 4 is 11.9 Å². The van der Waals surface area contributed by atoms with Crippen LogP contribution in [-0.4, -0.2) is 46.5 Å². The molecule has 5 saturated carbocycles. The van der Waals surface area contributed by atoms with Gasteiger partial charge in [0.2, 0.25) is 5.91 Å². The van der Waals surface area contributed by atoms with E-state index in [2.05, 4.69) is 70.1 Å². The molecule has 6 fully saturated rings. The molecule has 0 bridgehead atoms. The second-order valence-corrected chi connectivity index (χ2v) is 19.9. The highest BCUT2D eigenvalue weighted by molar-refractivity contribution is 5.84. The maximum atomic E-state index is 15.5. The Kier molecular flexibility index (Phi) is 8.85. The number of hydrogen-bond acceptors (Lipinski definition) is 5. The molecule has 1 aromatic carbocycles. The minimum absolute atomic E-state index is 0.00453. The molecule has 288 valence electrons. The number of H-pyrrole nitrogens is 1. The fourth-order valence-corrected chi connectivity index (χ4v) is 14.9. The quantitative estimate of drug-likeness (QED) is 0.237. The van der Waals surface area contributed by atoms with Crippen molar-refractivity contribution in [1.82, 2.24) is 14.9 Å². The van der Waals surface area contributed by atoms with Crippen LogP contribution in [0.4, 0.5) is 0 Å². The first kappa shape index (κ1) is 36.9. The van der Waals surface area contributed by atoms with E-state index in [0.717, 1.165) is 80.7 Å². The number of carbonyl (C=O) groups excluding carboxylic acids is 2. The molecular formula is C46H65N3O4. The maximum Gasteiger partial charge on any atom is 0.302 e. The SMILES string of the molecule is C=C(C)C1CCC2(C(=O)N3CCCC3c3ncc(-c4ccc(OC)cc4)[nH]3)CCC3(C)C(CCC4C5(C)CCC(OC(C)=O)C(C)(C)C5CCC43C)C12. The number of aromatic nitrogens is 2. The summed E-state index contributed by atoms with van der Waals surface area (Å²) < 4.78 is 11.4. The number of hydrogen-bond donors (Lipinski definition) is 1. The highest BCUT2D eigenvalue weighted by Crippen LogP contribution is 2.78. The lowest BCUT2D eigenvalue weighted by Crippen LogP contribution is -2.67. The number of nitrogens with zero attached hydrogens (tertiary/aromatic N) is 2. The van der Waals surface area contributed by atoms with Gasteiger partial charge in [0.05, 0.1) is 30.5 Å². The summed E-state index contributed by atoms with van der Waals surface area (Å²) in [6, 6.07) is 8.06. The van der Waals surface area contributed by atoms with E-state index in [-0.39, 0.29) is 45.2 Å². The molecule has 1 amide bonds. The number of amides is 1. The zero-order chi connectivity index (χ0) is 37.7. The van der Waals surface area contributed by atoms with Crippen molar-refractivity contribution < 1.29 is 19.1 Å². The van der Waals surface area contributed by atoms with Gasteiger partial charge in [-0.2, -0.15) is 0 Å². The fourth-order valence-electron chi connectivity index (χ4n) is 14.9. The second kappa shape index (κ2) is 12.7. The second-order valence-electron chi connectivity index (χ2n) is 19.9. The van der Waals surface area contributed by atoms with Crippen LogP contribution in [0, 0.1) is 56.7 Å². The third kappa shape index (κ3) is 5.27. The number of carbonyl (C=O) groups is 2. The van der Waals surface area contributed by atoms with Crippen molar-refractivity contribution in [3.63, 3.8) is 0 Å². The van der Waals surface area contributed by atoms with Gasteiger partial charge in [-0.25, -0.2) is 4.98 Å². The molecule has 1 aromatic heterocycles. The lowest BCUT2D eigenvalue weighted by molar-refractivity contribution is -0.249. The summed E-state index contributed by atoms with van der Waals surface area (Å²) >= 11 is 0. The summed E-state index contributed by atoms with van der Waals surface area (Å²) in [5.74, 6) is 4.37. The molecule has 2 aromatic rings. The zero-order valence-electron chi connectivity index (χ0n) is 33.9. The average molecular weight is 724 g/mol. The average Bonchev–Trinajstić information content (AvgIpc) is 3.89. The molecule has 0 radical (unpaired) electrons. The molecule has 1 saturated heterocycles. The predicted octanol–water partition coefficient (Wildman–Crippen LogP) is 10.3. The van der Waals surface area contributed by atoms with E-state index in [4.69, 9.17) is 14.5 Å². The predicted molar refractivity (Wildman–Crippen MR) is 209 cm³/mol. The Morgan fingerprint density at radius 2 is 1.62 bits per heavy atom. The standard InChI is InChI=1S/C46H65N3O4/c1-28(2)32-18-23-46(41(51)49-26-10-11-35(49)40-47-27-34(48-40)30-12-14-31(52-9)15-13-30)25-24-44(7)33(39(32)46)16-17-37-43(6)21-20-38(53-29(3)50)42(4,5)36(43)19-22-45(37,44)8/h12-15,27,32-33,35-39H,1,10-11,16-26H2,2-9H3,(H,47,48). The summed E-state index contributed by atoms with van der Waals surface area (Å²) in [4.78, 5) is 38.4. The molecule has 1 aliphatic heterocycles. The normalized spacial score (nSPS) is 41.4. The van der Waals surface area contributed by atoms with E-state index in [0.29, 0.717) is 35.5 Å². The smallest absolute Gasteiger partial charge is 0.302 e. The summed E-state index contributed by atoms with van der Waals surface area (Å²) in [7, 11) is 1.69. The van der Waals surface area contributed by atoms with E-state index >= 15 is 4.79 Å². The number of allylic oxidation sites excluding steroid dienone is 1. The van der Waals surface area contributed by atoms with Gasteiger partial charge in [-0.1, -0.05) is 46.8 Å². The lowest BCUT2D eigenvalue weighted by Gasteiger charge is -2.73. The Hall–Kier alpha value is -3.09. The molecule has 7 heteroatoms. The molecule has 1 N–H and O–H groups in total. The molecule has 53 heavy (non-hydrogen) atoms. The van der Waals surface area contributed by atoms with Gasteiger partial charge in [-0.15, -0.1) is 0 Å². The van der Waals surface area contributed by atoms with Crippen molar-refractivity contribution in [3.05, 3.63) is 48.4 Å². The highest BCUT2D eigenvalue weighted by Gasteiger charge is 2.72. The Balaban J connectivity index is 1.09. The maximum absolute atomic E-state index is 15.5. The van der Waals surface area contributed by atoms with E-state index in [1.54, 1.807) is 14.0 Å². The number of aromatic amines is 1. The molecular weight excluding hydrogens is 659 g/mol. The monoisotopic (exact) mass is 723 g/mol. The van der Waals surface area contributed by atoms with Gasteiger partial charge in [0, 0.05) is 18.9 Å². The number of benzene rings is 1. The van der Waals surface area contributed by atoms with Crippen LogP contribution in [0.2, 0.25) is 0 Å². The summed E-state index contributed by atoms with van der Waals surface area (Å²) in [6.45, 7) is 21.9. The molecule has 7 nitrogen and oxygen atoms in total. The van der Waals surface area contributed by atoms with Crippen LogP contribution in [-0.2, 0) is 14.3 Å². The first-order chi connectivity index (χ1) is 25.1. The van der Waals surface area contributed by atoms with E-state index in [9.17, 15) is 4.79 Å². The summed E-state index contributed by atoms with van der Waals surface area (Å²) in [6.07, 6.45) is 14.9. The van der Waals surface area contributed by atoms with Gasteiger partial charge in [0.15, 0.2) is 0 Å². The van der Waals surface area contributed by atoms with Crippen molar-refractivity contribution in [2.75, 3.05) is 13.7 Å². The van der Waals surface area contributed by atoms with Gasteiger partial charge < -0.3 is 19.4 Å². The van der Waals surface area contributed by atoms with Gasteiger partial charge in [0.25, 0.3) is 0 Å². The van der Waals surface area contributed by atoms with Crippen molar-refractivity contribution in [1.29, 1.82) is 0 Å². The number of ether oxygens (including phenoxy) is 2. The van der Waals surface area contributed by atoms with Crippen LogP contribution in [0.25, 0.3) is 11.3 Å². The number of methoxy groups -OCH3 is 1. The first-order valence-electron chi connectivity index (χ1n) is 20.9. The van der Waals surface area contributed by atoms with E-state index in [1.807, 2.05) is 18.3 Å². The fraction of sp³-hybridized carbons (Fsp3) is 0.717. The minimum Gasteiger partial charge on any atom is -0.497 e. The number of rotatable bonds is 6. The number of likely N-dealkylation sites (tertiary alicyclic amines) is 1. The number of imidazole rings is 1. The topological polar surface area (TPSA) is 84.5 Å². The molecule has 8 rings (SSSR count). The molecule has 2 heterocycles. The zero-order valence-corrected chi connectivity index (χ0v) is 33.9. The van der Waals surface area contributed by atoms with Gasteiger partial charge in [-0.05, 0) is 160 Å². The van der Waals surface area contributed by atoms with Crippen LogP contribution in [0.5, 0.6) is 5.75 Å². The van der Waals surface area contributed by atoms with Crippen LogP contribution >= 0.6 is 0 Å². The molecule has 0 spiro atoms. The molecule has 5 aliphatic carbocycles. The molecule has 11 atom stereocenters. The highest BCUT2D eigenvalue weighted by atomic mass is 16.5. The Morgan fingerprint density at radius 3 is 2.32 bits per heavy atom. The Morgan fingerprint density at radius 1 is 0.868 bits per heavy atom. The van der Waals surface area contributed by atoms with Crippen LogP contribution < -0.4 is 4.74 Å². The van der Waals surface area contributed by atoms with Crippen LogP contribution in [0.3, 0.4) is 0 Å². The van der Waals surface area contributed by atoms with Gasteiger partial charge in [-0.3, -0.25) is 9.59 Å². The lowest BCUT2D eigenvalue weighted by atomic mass is 9.32. The number of nitrogens with one attached hydrogen (secondary N) is 1. The van der Waals surface area contributed by atoms with Gasteiger partial charge >= 0.3 is 5.97 Å². The van der Waals surface area contributed by atoms with Crippen molar-refractivity contribution in [3.8, 4) is 17.0 Å². The van der Waals surface area contributed by atoms with E-state index < -0.39 is 0 Å². The third-order valence-electron chi connectivity index (χ3n) is 17.6.